The first kappa shape index (κ1) is 11.9. The molecule has 0 aliphatic rings. The van der Waals surface area contributed by atoms with E-state index in [-0.39, 0.29) is 17.0 Å². The lowest BCUT2D eigenvalue weighted by atomic mass is 10.4. The molecule has 6 nitrogen and oxygen atoms in total. The molecule has 15 heavy (non-hydrogen) atoms. The molecule has 0 unspecified atom stereocenters. The Morgan fingerprint density at radius 2 is 2.13 bits per heavy atom. The summed E-state index contributed by atoms with van der Waals surface area (Å²) in [5.41, 5.74) is 4.90. The Morgan fingerprint density at radius 3 is 2.67 bits per heavy atom. The van der Waals surface area contributed by atoms with Crippen molar-refractivity contribution < 1.29 is 8.42 Å². The number of hydrogen-bond acceptors (Lipinski definition) is 4. The number of aromatic nitrogens is 1. The Hall–Kier alpha value is -1.18. The van der Waals surface area contributed by atoms with Crippen molar-refractivity contribution in [2.45, 2.75) is 11.3 Å². The molecule has 0 saturated heterocycles. The number of nitrogens with one attached hydrogen (secondary N) is 2. The van der Waals surface area contributed by atoms with Gasteiger partial charge in [0, 0.05) is 18.8 Å². The third-order valence-electron chi connectivity index (χ3n) is 1.74. The second-order valence-electron chi connectivity index (χ2n) is 2.93. The summed E-state index contributed by atoms with van der Waals surface area (Å²) < 4.78 is 25.5. The van der Waals surface area contributed by atoms with Crippen molar-refractivity contribution in [3.8, 4) is 0 Å². The molecular weight excluding hydrogens is 218 g/mol. The average molecular weight is 231 g/mol. The van der Waals surface area contributed by atoms with E-state index >= 15 is 0 Å². The molecule has 7 heteroatoms. The first-order valence-corrected chi connectivity index (χ1v) is 5.93. The minimum Gasteiger partial charge on any atom is -0.330 e. The van der Waals surface area contributed by atoms with Crippen LogP contribution in [0.5, 0.6) is 0 Å². The Balaban J connectivity index is 2.77. The minimum absolute atomic E-state index is 0.0409. The smallest absolute Gasteiger partial charge is 0.247 e. The molecule has 4 N–H and O–H groups in total. The molecule has 0 bridgehead atoms. The van der Waals surface area contributed by atoms with Crippen LogP contribution in [0.15, 0.2) is 28.0 Å². The highest BCUT2D eigenvalue weighted by Crippen LogP contribution is 2.03. The molecule has 84 valence electrons. The molecule has 1 heterocycles. The van der Waals surface area contributed by atoms with Crippen molar-refractivity contribution in [1.82, 2.24) is 9.71 Å². The maximum Gasteiger partial charge on any atom is 0.247 e. The van der Waals surface area contributed by atoms with E-state index < -0.39 is 10.0 Å². The molecule has 0 spiro atoms. The highest BCUT2D eigenvalue weighted by molar-refractivity contribution is 7.89. The van der Waals surface area contributed by atoms with E-state index in [0.29, 0.717) is 13.0 Å². The maximum atomic E-state index is 11.5. The van der Waals surface area contributed by atoms with Gasteiger partial charge in [0.05, 0.1) is 4.90 Å². The average Bonchev–Trinajstić information content (AvgIpc) is 2.18. The zero-order valence-electron chi connectivity index (χ0n) is 8.06. The molecule has 1 rings (SSSR count). The van der Waals surface area contributed by atoms with Crippen LogP contribution in [0.25, 0.3) is 0 Å². The van der Waals surface area contributed by atoms with Gasteiger partial charge in [-0.25, -0.2) is 13.1 Å². The Morgan fingerprint density at radius 1 is 1.40 bits per heavy atom. The number of hydrogen-bond donors (Lipinski definition) is 3. The van der Waals surface area contributed by atoms with Gasteiger partial charge in [-0.15, -0.1) is 0 Å². The van der Waals surface area contributed by atoms with Gasteiger partial charge < -0.3 is 10.7 Å². The molecule has 1 aromatic rings. The second-order valence-corrected chi connectivity index (χ2v) is 4.70. The topological polar surface area (TPSA) is 105 Å². The first-order chi connectivity index (χ1) is 7.06. The van der Waals surface area contributed by atoms with E-state index in [9.17, 15) is 13.2 Å². The minimum atomic E-state index is -3.52. The normalized spacial score (nSPS) is 11.5. The molecule has 0 atom stereocenters. The van der Waals surface area contributed by atoms with Crippen molar-refractivity contribution in [2.24, 2.45) is 5.73 Å². The number of H-pyrrole nitrogens is 1. The number of pyridine rings is 1. The lowest BCUT2D eigenvalue weighted by Crippen LogP contribution is -2.26. The van der Waals surface area contributed by atoms with E-state index in [2.05, 4.69) is 9.71 Å². The van der Waals surface area contributed by atoms with Crippen molar-refractivity contribution in [2.75, 3.05) is 13.1 Å². The molecule has 1 aromatic heterocycles. The van der Waals surface area contributed by atoms with Crippen LogP contribution >= 0.6 is 0 Å². The molecule has 0 aliphatic heterocycles. The first-order valence-electron chi connectivity index (χ1n) is 4.45. The van der Waals surface area contributed by atoms with Crippen LogP contribution in [-0.2, 0) is 10.0 Å². The van der Waals surface area contributed by atoms with Crippen LogP contribution in [0.1, 0.15) is 6.42 Å². The van der Waals surface area contributed by atoms with Gasteiger partial charge in [-0.05, 0) is 19.0 Å². The predicted octanol–water partition coefficient (Wildman–Crippen LogP) is -0.998. The summed E-state index contributed by atoms with van der Waals surface area (Å²) in [6.45, 7) is 0.714. The van der Waals surface area contributed by atoms with E-state index in [1.54, 1.807) is 0 Å². The zero-order valence-corrected chi connectivity index (χ0v) is 8.88. The molecule has 0 amide bonds. The monoisotopic (exact) mass is 231 g/mol. The van der Waals surface area contributed by atoms with E-state index in [1.165, 1.54) is 6.07 Å². The number of sulfonamides is 1. The van der Waals surface area contributed by atoms with Gasteiger partial charge in [0.25, 0.3) is 0 Å². The van der Waals surface area contributed by atoms with Gasteiger partial charge in [0.15, 0.2) is 0 Å². The van der Waals surface area contributed by atoms with Crippen LogP contribution in [0.3, 0.4) is 0 Å². The predicted molar refractivity (Wildman–Crippen MR) is 55.9 cm³/mol. The highest BCUT2D eigenvalue weighted by Gasteiger charge is 2.12. The van der Waals surface area contributed by atoms with Gasteiger partial charge >= 0.3 is 0 Å². The van der Waals surface area contributed by atoms with Crippen LogP contribution in [-0.4, -0.2) is 26.5 Å². The SMILES string of the molecule is NCCCNS(=O)(=O)c1ccc(=O)[nH]c1. The highest BCUT2D eigenvalue weighted by atomic mass is 32.2. The lowest BCUT2D eigenvalue weighted by molar-refractivity contribution is 0.579. The van der Waals surface area contributed by atoms with Gasteiger partial charge in [0.1, 0.15) is 0 Å². The van der Waals surface area contributed by atoms with Gasteiger partial charge in [-0.1, -0.05) is 0 Å². The van der Waals surface area contributed by atoms with E-state index in [0.717, 1.165) is 12.3 Å². The third-order valence-corrected chi connectivity index (χ3v) is 3.20. The van der Waals surface area contributed by atoms with Crippen LogP contribution < -0.4 is 16.0 Å². The summed E-state index contributed by atoms with van der Waals surface area (Å²) in [5.74, 6) is 0. The van der Waals surface area contributed by atoms with E-state index in [1.807, 2.05) is 0 Å². The molecule has 0 fully saturated rings. The summed E-state index contributed by atoms with van der Waals surface area (Å²) in [4.78, 5) is 13.1. The van der Waals surface area contributed by atoms with Crippen molar-refractivity contribution >= 4 is 10.0 Å². The number of rotatable bonds is 5. The van der Waals surface area contributed by atoms with Crippen LogP contribution in [0, 0.1) is 0 Å². The Kier molecular flexibility index (Phi) is 4.01. The summed E-state index contributed by atoms with van der Waals surface area (Å²) >= 11 is 0. The summed E-state index contributed by atoms with van der Waals surface area (Å²) in [6, 6.07) is 2.42. The quantitative estimate of drug-likeness (QED) is 0.565. The van der Waals surface area contributed by atoms with Gasteiger partial charge in [0.2, 0.25) is 15.6 Å². The molecule has 0 aromatic carbocycles. The standard InChI is InChI=1S/C8H13N3O3S/c9-4-1-5-11-15(13,14)7-2-3-8(12)10-6-7/h2-3,6,11H,1,4-5,9H2,(H,10,12). The summed E-state index contributed by atoms with van der Waals surface area (Å²) in [5, 5.41) is 0. The summed E-state index contributed by atoms with van der Waals surface area (Å²) in [6.07, 6.45) is 1.73. The molecular formula is C8H13N3O3S. The number of nitrogens with two attached hydrogens (primary N) is 1. The largest absolute Gasteiger partial charge is 0.330 e. The fourth-order valence-corrected chi connectivity index (χ4v) is 2.00. The molecule has 0 radical (unpaired) electrons. The number of aromatic amines is 1. The maximum absolute atomic E-state index is 11.5. The Bertz CT molecular complexity index is 446. The molecule has 0 aliphatic carbocycles. The van der Waals surface area contributed by atoms with Crippen molar-refractivity contribution in [1.29, 1.82) is 0 Å². The molecule has 0 saturated carbocycles. The van der Waals surface area contributed by atoms with Crippen LogP contribution in [0.2, 0.25) is 0 Å². The van der Waals surface area contributed by atoms with Crippen molar-refractivity contribution in [3.05, 3.63) is 28.7 Å². The second kappa shape index (κ2) is 5.06. The Labute approximate surface area is 87.6 Å². The van der Waals surface area contributed by atoms with Crippen LogP contribution in [0.4, 0.5) is 0 Å². The van der Waals surface area contributed by atoms with Crippen molar-refractivity contribution in [3.63, 3.8) is 0 Å². The summed E-state index contributed by atoms with van der Waals surface area (Å²) in [7, 11) is -3.52. The fourth-order valence-electron chi connectivity index (χ4n) is 0.955. The van der Waals surface area contributed by atoms with Gasteiger partial charge in [-0.2, -0.15) is 0 Å². The van der Waals surface area contributed by atoms with E-state index in [4.69, 9.17) is 5.73 Å². The third kappa shape index (κ3) is 3.46. The lowest BCUT2D eigenvalue weighted by Gasteiger charge is -2.04. The van der Waals surface area contributed by atoms with Gasteiger partial charge in [-0.3, -0.25) is 4.79 Å². The zero-order chi connectivity index (χ0) is 11.3. The fraction of sp³-hybridized carbons (Fsp3) is 0.375.